The van der Waals surface area contributed by atoms with Crippen LogP contribution in [0.15, 0.2) is 0 Å². The molecule has 2 aliphatic rings. The van der Waals surface area contributed by atoms with Gasteiger partial charge in [0, 0.05) is 50.7 Å². The van der Waals surface area contributed by atoms with Crippen LogP contribution in [-0.4, -0.2) is 60.9 Å². The predicted octanol–water partition coefficient (Wildman–Crippen LogP) is -0.712. The average molecular weight is 257 g/mol. The SMILES string of the molecule is O=C1CC(C(=O)NCCN2CCSCC2)CN1. The summed E-state index contributed by atoms with van der Waals surface area (Å²) in [6, 6.07) is 0. The van der Waals surface area contributed by atoms with Gasteiger partial charge in [-0.15, -0.1) is 0 Å². The number of rotatable bonds is 4. The van der Waals surface area contributed by atoms with Gasteiger partial charge in [-0.3, -0.25) is 14.5 Å². The molecule has 17 heavy (non-hydrogen) atoms. The van der Waals surface area contributed by atoms with E-state index < -0.39 is 0 Å². The normalized spacial score (nSPS) is 25.6. The van der Waals surface area contributed by atoms with Crippen molar-refractivity contribution >= 4 is 23.6 Å². The maximum atomic E-state index is 11.7. The van der Waals surface area contributed by atoms with E-state index in [1.165, 1.54) is 11.5 Å². The van der Waals surface area contributed by atoms with Crippen LogP contribution in [0, 0.1) is 5.92 Å². The van der Waals surface area contributed by atoms with Crippen LogP contribution in [-0.2, 0) is 9.59 Å². The Morgan fingerprint density at radius 3 is 2.88 bits per heavy atom. The highest BCUT2D eigenvalue weighted by atomic mass is 32.2. The molecule has 2 saturated heterocycles. The molecule has 6 heteroatoms. The predicted molar refractivity (Wildman–Crippen MR) is 67.9 cm³/mol. The minimum absolute atomic E-state index is 0.00901. The van der Waals surface area contributed by atoms with Crippen LogP contribution in [0.25, 0.3) is 0 Å². The van der Waals surface area contributed by atoms with Crippen LogP contribution in [0.5, 0.6) is 0 Å². The molecule has 0 saturated carbocycles. The van der Waals surface area contributed by atoms with E-state index in [2.05, 4.69) is 15.5 Å². The van der Waals surface area contributed by atoms with Crippen molar-refractivity contribution in [2.45, 2.75) is 6.42 Å². The first-order valence-corrected chi connectivity index (χ1v) is 7.25. The molecule has 1 unspecified atom stereocenters. The smallest absolute Gasteiger partial charge is 0.225 e. The Kier molecular flexibility index (Phi) is 4.67. The van der Waals surface area contributed by atoms with E-state index in [1.807, 2.05) is 11.8 Å². The molecule has 0 spiro atoms. The number of nitrogens with one attached hydrogen (secondary N) is 2. The zero-order chi connectivity index (χ0) is 12.1. The van der Waals surface area contributed by atoms with Crippen LogP contribution in [0.1, 0.15) is 6.42 Å². The van der Waals surface area contributed by atoms with Crippen LogP contribution in [0.3, 0.4) is 0 Å². The lowest BCUT2D eigenvalue weighted by molar-refractivity contribution is -0.126. The second-order valence-corrected chi connectivity index (χ2v) is 5.67. The van der Waals surface area contributed by atoms with Crippen molar-refractivity contribution in [3.8, 4) is 0 Å². The zero-order valence-corrected chi connectivity index (χ0v) is 10.7. The summed E-state index contributed by atoms with van der Waals surface area (Å²) < 4.78 is 0. The lowest BCUT2D eigenvalue weighted by Crippen LogP contribution is -2.41. The average Bonchev–Trinajstić information content (AvgIpc) is 2.77. The summed E-state index contributed by atoms with van der Waals surface area (Å²) in [5, 5.41) is 5.59. The number of hydrogen-bond donors (Lipinski definition) is 2. The van der Waals surface area contributed by atoms with Crippen molar-refractivity contribution in [1.29, 1.82) is 0 Å². The molecule has 0 aliphatic carbocycles. The highest BCUT2D eigenvalue weighted by Gasteiger charge is 2.27. The number of hydrogen-bond acceptors (Lipinski definition) is 4. The third kappa shape index (κ3) is 3.89. The van der Waals surface area contributed by atoms with Gasteiger partial charge < -0.3 is 10.6 Å². The summed E-state index contributed by atoms with van der Waals surface area (Å²) in [5.74, 6) is 2.21. The van der Waals surface area contributed by atoms with Gasteiger partial charge in [-0.2, -0.15) is 11.8 Å². The summed E-state index contributed by atoms with van der Waals surface area (Å²) in [4.78, 5) is 25.1. The first-order valence-electron chi connectivity index (χ1n) is 6.10. The molecule has 0 aromatic carbocycles. The molecule has 96 valence electrons. The minimum Gasteiger partial charge on any atom is -0.355 e. The molecule has 0 aromatic rings. The quantitative estimate of drug-likeness (QED) is 0.698. The number of carbonyl (C=O) groups is 2. The summed E-state index contributed by atoms with van der Waals surface area (Å²) in [7, 11) is 0. The Morgan fingerprint density at radius 1 is 1.47 bits per heavy atom. The van der Waals surface area contributed by atoms with Gasteiger partial charge in [0.2, 0.25) is 11.8 Å². The van der Waals surface area contributed by atoms with Crippen molar-refractivity contribution < 1.29 is 9.59 Å². The Bertz CT molecular complexity index is 292. The van der Waals surface area contributed by atoms with Gasteiger partial charge in [-0.05, 0) is 0 Å². The van der Waals surface area contributed by atoms with Crippen molar-refractivity contribution in [2.24, 2.45) is 5.92 Å². The lowest BCUT2D eigenvalue weighted by atomic mass is 10.1. The molecule has 0 radical (unpaired) electrons. The largest absolute Gasteiger partial charge is 0.355 e. The van der Waals surface area contributed by atoms with Gasteiger partial charge in [0.1, 0.15) is 0 Å². The van der Waals surface area contributed by atoms with Crippen LogP contribution in [0.4, 0.5) is 0 Å². The van der Waals surface area contributed by atoms with Gasteiger partial charge in [-0.1, -0.05) is 0 Å². The Hall–Kier alpha value is -0.750. The molecular formula is C11H19N3O2S. The summed E-state index contributed by atoms with van der Waals surface area (Å²) in [6.45, 7) is 4.33. The number of nitrogens with zero attached hydrogens (tertiary/aromatic N) is 1. The van der Waals surface area contributed by atoms with E-state index in [9.17, 15) is 9.59 Å². The molecule has 2 fully saturated rings. The monoisotopic (exact) mass is 257 g/mol. The number of thioether (sulfide) groups is 1. The Labute approximate surface area is 106 Å². The standard InChI is InChI=1S/C11H19N3O2S/c15-10-7-9(8-13-10)11(16)12-1-2-14-3-5-17-6-4-14/h9H,1-8H2,(H,12,16)(H,13,15). The van der Waals surface area contributed by atoms with Crippen LogP contribution < -0.4 is 10.6 Å². The maximum absolute atomic E-state index is 11.7. The summed E-state index contributed by atoms with van der Waals surface area (Å²) in [5.41, 5.74) is 0. The van der Waals surface area contributed by atoms with Crippen molar-refractivity contribution in [3.63, 3.8) is 0 Å². The van der Waals surface area contributed by atoms with Gasteiger partial charge in [0.15, 0.2) is 0 Å². The molecule has 2 amide bonds. The van der Waals surface area contributed by atoms with Crippen molar-refractivity contribution in [1.82, 2.24) is 15.5 Å². The van der Waals surface area contributed by atoms with Gasteiger partial charge in [0.05, 0.1) is 5.92 Å². The molecular weight excluding hydrogens is 238 g/mol. The molecule has 2 heterocycles. The summed E-state index contributed by atoms with van der Waals surface area (Å²) >= 11 is 1.98. The van der Waals surface area contributed by atoms with Gasteiger partial charge >= 0.3 is 0 Å². The van der Waals surface area contributed by atoms with Crippen LogP contribution >= 0.6 is 11.8 Å². The van der Waals surface area contributed by atoms with E-state index in [1.54, 1.807) is 0 Å². The molecule has 2 N–H and O–H groups in total. The second kappa shape index (κ2) is 6.26. The fourth-order valence-corrected chi connectivity index (χ4v) is 3.08. The Morgan fingerprint density at radius 2 is 2.24 bits per heavy atom. The number of carbonyl (C=O) groups excluding carboxylic acids is 2. The van der Waals surface area contributed by atoms with E-state index in [0.717, 1.165) is 19.6 Å². The minimum atomic E-state index is -0.167. The lowest BCUT2D eigenvalue weighted by Gasteiger charge is -2.26. The highest BCUT2D eigenvalue weighted by molar-refractivity contribution is 7.99. The van der Waals surface area contributed by atoms with E-state index in [4.69, 9.17) is 0 Å². The van der Waals surface area contributed by atoms with E-state index >= 15 is 0 Å². The fourth-order valence-electron chi connectivity index (χ4n) is 2.10. The highest BCUT2D eigenvalue weighted by Crippen LogP contribution is 2.09. The molecule has 0 bridgehead atoms. The van der Waals surface area contributed by atoms with Crippen LogP contribution in [0.2, 0.25) is 0 Å². The zero-order valence-electron chi connectivity index (χ0n) is 9.91. The first kappa shape index (κ1) is 12.7. The molecule has 5 nitrogen and oxygen atoms in total. The second-order valence-electron chi connectivity index (χ2n) is 4.45. The third-order valence-electron chi connectivity index (χ3n) is 3.18. The number of amides is 2. The Balaban J connectivity index is 1.61. The van der Waals surface area contributed by atoms with E-state index in [-0.39, 0.29) is 17.7 Å². The third-order valence-corrected chi connectivity index (χ3v) is 4.12. The summed E-state index contributed by atoms with van der Waals surface area (Å²) in [6.07, 6.45) is 0.339. The van der Waals surface area contributed by atoms with Gasteiger partial charge in [0.25, 0.3) is 0 Å². The first-order chi connectivity index (χ1) is 8.25. The molecule has 0 aromatic heterocycles. The van der Waals surface area contributed by atoms with Crippen molar-refractivity contribution in [2.75, 3.05) is 44.2 Å². The van der Waals surface area contributed by atoms with E-state index in [0.29, 0.717) is 19.5 Å². The molecule has 1 atom stereocenters. The maximum Gasteiger partial charge on any atom is 0.225 e. The van der Waals surface area contributed by atoms with Gasteiger partial charge in [-0.25, -0.2) is 0 Å². The molecule has 2 aliphatic heterocycles. The fraction of sp³-hybridized carbons (Fsp3) is 0.818. The van der Waals surface area contributed by atoms with Crippen molar-refractivity contribution in [3.05, 3.63) is 0 Å². The topological polar surface area (TPSA) is 61.4 Å². The molecule has 2 rings (SSSR count).